The number of rotatable bonds is 5. The van der Waals surface area contributed by atoms with Crippen LogP contribution in [0.1, 0.15) is 13.8 Å². The summed E-state index contributed by atoms with van der Waals surface area (Å²) in [6.07, 6.45) is 3.46. The molecule has 0 spiro atoms. The molecule has 1 aromatic carbocycles. The number of aromatic nitrogens is 2. The summed E-state index contributed by atoms with van der Waals surface area (Å²) in [7, 11) is 1.70. The maximum atomic E-state index is 11.5. The predicted molar refractivity (Wildman–Crippen MR) is 75.9 cm³/mol. The van der Waals surface area contributed by atoms with Crippen LogP contribution in [0.4, 0.5) is 5.69 Å². The Kier molecular flexibility index (Phi) is 4.06. The molecule has 0 amide bonds. The zero-order chi connectivity index (χ0) is 13.8. The van der Waals surface area contributed by atoms with Crippen LogP contribution in [-0.4, -0.2) is 28.8 Å². The van der Waals surface area contributed by atoms with Crippen molar-refractivity contribution in [2.75, 3.05) is 12.4 Å². The Labute approximate surface area is 112 Å². The summed E-state index contributed by atoms with van der Waals surface area (Å²) < 4.78 is 6.83. The van der Waals surface area contributed by atoms with Crippen molar-refractivity contribution >= 4 is 5.69 Å². The van der Waals surface area contributed by atoms with Crippen LogP contribution >= 0.6 is 0 Å². The van der Waals surface area contributed by atoms with E-state index in [4.69, 9.17) is 4.74 Å². The van der Waals surface area contributed by atoms with E-state index in [-0.39, 0.29) is 17.8 Å². The third-order valence-electron chi connectivity index (χ3n) is 3.26. The van der Waals surface area contributed by atoms with Gasteiger partial charge in [0.25, 0.3) is 0 Å². The number of imidazole rings is 1. The Balaban J connectivity index is 2.11. The van der Waals surface area contributed by atoms with Crippen LogP contribution in [0.3, 0.4) is 0 Å². The molecule has 0 radical (unpaired) electrons. The lowest BCUT2D eigenvalue weighted by Gasteiger charge is -2.21. The minimum absolute atomic E-state index is 0.131. The summed E-state index contributed by atoms with van der Waals surface area (Å²) >= 11 is 0. The Hall–Kier alpha value is -2.01. The second-order valence-electron chi connectivity index (χ2n) is 4.56. The predicted octanol–water partition coefficient (Wildman–Crippen LogP) is 2.00. The van der Waals surface area contributed by atoms with Gasteiger partial charge >= 0.3 is 5.69 Å². The van der Waals surface area contributed by atoms with Gasteiger partial charge in [0.2, 0.25) is 0 Å². The highest BCUT2D eigenvalue weighted by molar-refractivity contribution is 5.49. The van der Waals surface area contributed by atoms with Gasteiger partial charge in [0.15, 0.2) is 0 Å². The molecule has 1 aromatic heterocycles. The second kappa shape index (κ2) is 5.75. The minimum Gasteiger partial charge on any atom is -0.380 e. The van der Waals surface area contributed by atoms with E-state index in [0.717, 1.165) is 11.4 Å². The molecule has 0 fully saturated rings. The number of aromatic amines is 1. The lowest BCUT2D eigenvalue weighted by atomic mass is 10.2. The molecular formula is C14H19N3O2. The van der Waals surface area contributed by atoms with Gasteiger partial charge < -0.3 is 15.0 Å². The first-order valence-corrected chi connectivity index (χ1v) is 6.27. The van der Waals surface area contributed by atoms with Gasteiger partial charge in [-0.25, -0.2) is 4.79 Å². The topological polar surface area (TPSA) is 59.0 Å². The molecule has 0 aliphatic carbocycles. The van der Waals surface area contributed by atoms with Crippen molar-refractivity contribution in [3.63, 3.8) is 0 Å². The monoisotopic (exact) mass is 261 g/mol. The second-order valence-corrected chi connectivity index (χ2v) is 4.56. The molecule has 0 aliphatic rings. The highest BCUT2D eigenvalue weighted by Crippen LogP contribution is 2.14. The summed E-state index contributed by atoms with van der Waals surface area (Å²) in [5, 5.41) is 3.36. The van der Waals surface area contributed by atoms with Crippen LogP contribution in [0, 0.1) is 0 Å². The number of nitrogens with one attached hydrogen (secondary N) is 2. The molecule has 2 rings (SSSR count). The zero-order valence-electron chi connectivity index (χ0n) is 11.4. The van der Waals surface area contributed by atoms with Crippen molar-refractivity contribution in [2.45, 2.75) is 26.0 Å². The van der Waals surface area contributed by atoms with Gasteiger partial charge in [-0.15, -0.1) is 0 Å². The lowest BCUT2D eigenvalue weighted by Crippen LogP contribution is -2.29. The maximum absolute atomic E-state index is 11.5. The highest BCUT2D eigenvalue weighted by atomic mass is 16.5. The molecule has 1 heterocycles. The normalized spacial score (nSPS) is 14.1. The Bertz CT molecular complexity index is 571. The molecule has 0 saturated heterocycles. The van der Waals surface area contributed by atoms with Gasteiger partial charge in [-0.05, 0) is 38.1 Å². The van der Waals surface area contributed by atoms with E-state index in [0.29, 0.717) is 0 Å². The van der Waals surface area contributed by atoms with Gasteiger partial charge in [-0.1, -0.05) is 0 Å². The molecule has 19 heavy (non-hydrogen) atoms. The van der Waals surface area contributed by atoms with Crippen molar-refractivity contribution in [3.8, 4) is 5.69 Å². The summed E-state index contributed by atoms with van der Waals surface area (Å²) in [6.45, 7) is 4.09. The standard InChI is InChI=1S/C14H19N3O2/c1-10(11(2)19-3)16-12-4-6-13(7-5-12)17-9-8-15-14(17)18/h4-11,16H,1-3H3,(H,15,18). The van der Waals surface area contributed by atoms with Crippen LogP contribution in [0.2, 0.25) is 0 Å². The number of methoxy groups -OCH3 is 1. The Morgan fingerprint density at radius 3 is 2.47 bits per heavy atom. The SMILES string of the molecule is COC(C)C(C)Nc1ccc(-n2cc[nH]c2=O)cc1. The lowest BCUT2D eigenvalue weighted by molar-refractivity contribution is 0.106. The number of nitrogens with zero attached hydrogens (tertiary/aromatic N) is 1. The molecule has 2 unspecified atom stereocenters. The van der Waals surface area contributed by atoms with Crippen molar-refractivity contribution in [2.24, 2.45) is 0 Å². The Morgan fingerprint density at radius 1 is 1.26 bits per heavy atom. The minimum atomic E-state index is -0.137. The fraction of sp³-hybridized carbons (Fsp3) is 0.357. The zero-order valence-corrected chi connectivity index (χ0v) is 11.4. The highest BCUT2D eigenvalue weighted by Gasteiger charge is 2.10. The van der Waals surface area contributed by atoms with Gasteiger partial charge in [0.05, 0.1) is 11.8 Å². The van der Waals surface area contributed by atoms with E-state index in [9.17, 15) is 4.79 Å². The Morgan fingerprint density at radius 2 is 1.95 bits per heavy atom. The number of hydrogen-bond acceptors (Lipinski definition) is 3. The first kappa shape index (κ1) is 13.4. The van der Waals surface area contributed by atoms with E-state index in [1.165, 1.54) is 0 Å². The molecular weight excluding hydrogens is 242 g/mol. The molecule has 2 atom stereocenters. The molecule has 5 nitrogen and oxygen atoms in total. The van der Waals surface area contributed by atoms with Crippen molar-refractivity contribution < 1.29 is 4.74 Å². The molecule has 0 aliphatic heterocycles. The van der Waals surface area contributed by atoms with Gasteiger partial charge in [0, 0.05) is 31.2 Å². The van der Waals surface area contributed by atoms with E-state index >= 15 is 0 Å². The summed E-state index contributed by atoms with van der Waals surface area (Å²) in [4.78, 5) is 14.1. The molecule has 0 saturated carbocycles. The number of hydrogen-bond donors (Lipinski definition) is 2. The fourth-order valence-corrected chi connectivity index (χ4v) is 1.83. The summed E-state index contributed by atoms with van der Waals surface area (Å²) in [5.41, 5.74) is 1.70. The largest absolute Gasteiger partial charge is 0.380 e. The van der Waals surface area contributed by atoms with Crippen LogP contribution in [0.5, 0.6) is 0 Å². The maximum Gasteiger partial charge on any atom is 0.330 e. The van der Waals surface area contributed by atoms with Crippen molar-refractivity contribution in [1.29, 1.82) is 0 Å². The third-order valence-corrected chi connectivity index (χ3v) is 3.26. The molecule has 2 N–H and O–H groups in total. The average Bonchev–Trinajstić information content (AvgIpc) is 2.85. The number of H-pyrrole nitrogens is 1. The van der Waals surface area contributed by atoms with E-state index < -0.39 is 0 Å². The fourth-order valence-electron chi connectivity index (χ4n) is 1.83. The number of benzene rings is 1. The average molecular weight is 261 g/mol. The van der Waals surface area contributed by atoms with Gasteiger partial charge in [0.1, 0.15) is 0 Å². The van der Waals surface area contributed by atoms with Crippen LogP contribution < -0.4 is 11.0 Å². The number of anilines is 1. The third kappa shape index (κ3) is 3.06. The van der Waals surface area contributed by atoms with Crippen LogP contribution in [0.15, 0.2) is 41.5 Å². The smallest absolute Gasteiger partial charge is 0.330 e. The molecule has 5 heteroatoms. The van der Waals surface area contributed by atoms with Crippen LogP contribution in [0.25, 0.3) is 5.69 Å². The molecule has 0 bridgehead atoms. The molecule has 2 aromatic rings. The van der Waals surface area contributed by atoms with Gasteiger partial charge in [-0.3, -0.25) is 4.57 Å². The van der Waals surface area contributed by atoms with Crippen LogP contribution in [-0.2, 0) is 4.74 Å². The van der Waals surface area contributed by atoms with Crippen molar-refractivity contribution in [1.82, 2.24) is 9.55 Å². The van der Waals surface area contributed by atoms with Crippen molar-refractivity contribution in [3.05, 3.63) is 47.1 Å². The number of ether oxygens (including phenoxy) is 1. The first-order chi connectivity index (χ1) is 9.11. The van der Waals surface area contributed by atoms with Gasteiger partial charge in [-0.2, -0.15) is 0 Å². The van der Waals surface area contributed by atoms with E-state index in [1.807, 2.05) is 31.2 Å². The quantitative estimate of drug-likeness (QED) is 0.865. The summed E-state index contributed by atoms with van der Waals surface area (Å²) in [5.74, 6) is 0. The first-order valence-electron chi connectivity index (χ1n) is 6.27. The van der Waals surface area contributed by atoms with E-state index in [2.05, 4.69) is 17.2 Å². The molecule has 102 valence electrons. The summed E-state index contributed by atoms with van der Waals surface area (Å²) in [6, 6.07) is 7.93. The van der Waals surface area contributed by atoms with E-state index in [1.54, 1.807) is 24.1 Å².